The normalized spacial score (nSPS) is 23.1. The number of carbonyl (C=O) groups is 1. The first-order chi connectivity index (χ1) is 11.2. The molecule has 1 aromatic carbocycles. The van der Waals surface area contributed by atoms with Gasteiger partial charge in [0.05, 0.1) is 13.0 Å². The van der Waals surface area contributed by atoms with Gasteiger partial charge in [-0.1, -0.05) is 12.1 Å². The number of likely N-dealkylation sites (tertiary alicyclic amines) is 1. The third-order valence-corrected chi connectivity index (χ3v) is 4.77. The molecule has 0 aliphatic carbocycles. The molecule has 1 unspecified atom stereocenters. The fourth-order valence-electron chi connectivity index (χ4n) is 3.42. The molecule has 0 aromatic heterocycles. The number of rotatable bonds is 5. The number of ether oxygens (including phenoxy) is 1. The predicted octanol–water partition coefficient (Wildman–Crippen LogP) is 1.99. The third kappa shape index (κ3) is 5.01. The number of carbonyl (C=O) groups excluding carboxylic acids is 1. The van der Waals surface area contributed by atoms with Gasteiger partial charge in [-0.15, -0.1) is 0 Å². The lowest BCUT2D eigenvalue weighted by Crippen LogP contribution is -2.46. The van der Waals surface area contributed by atoms with E-state index >= 15 is 0 Å². The molecule has 0 spiro atoms. The van der Waals surface area contributed by atoms with E-state index in [2.05, 4.69) is 10.2 Å². The Hall–Kier alpha value is -1.46. The highest BCUT2D eigenvalue weighted by Gasteiger charge is 2.24. The molecule has 0 radical (unpaired) electrons. The van der Waals surface area contributed by atoms with Crippen molar-refractivity contribution in [3.63, 3.8) is 0 Å². The molecule has 2 aliphatic heterocycles. The number of nitrogens with one attached hydrogen (secondary N) is 1. The molecular formula is C18H25FN2O2. The number of amides is 1. The third-order valence-electron chi connectivity index (χ3n) is 4.77. The molecule has 1 atom stereocenters. The van der Waals surface area contributed by atoms with E-state index in [1.165, 1.54) is 18.6 Å². The molecule has 1 aromatic rings. The van der Waals surface area contributed by atoms with Crippen LogP contribution in [0.4, 0.5) is 4.39 Å². The SMILES string of the molecule is O=C(Cc1ccc(F)cc1)NC1CCN(CC2CCOC2)CC1. The Morgan fingerprint density at radius 2 is 1.96 bits per heavy atom. The molecule has 2 heterocycles. The van der Waals surface area contributed by atoms with E-state index < -0.39 is 0 Å². The Morgan fingerprint density at radius 1 is 1.22 bits per heavy atom. The molecule has 126 valence electrons. The van der Waals surface area contributed by atoms with Gasteiger partial charge in [0.1, 0.15) is 5.82 Å². The Morgan fingerprint density at radius 3 is 2.61 bits per heavy atom. The summed E-state index contributed by atoms with van der Waals surface area (Å²) >= 11 is 0. The van der Waals surface area contributed by atoms with Gasteiger partial charge in [-0.2, -0.15) is 0 Å². The lowest BCUT2D eigenvalue weighted by atomic mass is 10.0. The minimum Gasteiger partial charge on any atom is -0.381 e. The van der Waals surface area contributed by atoms with Crippen molar-refractivity contribution < 1.29 is 13.9 Å². The standard InChI is InChI=1S/C18H25FN2O2/c19-16-3-1-14(2-4-16)11-18(22)20-17-5-8-21(9-6-17)12-15-7-10-23-13-15/h1-4,15,17H,5-13H2,(H,20,22). The van der Waals surface area contributed by atoms with Gasteiger partial charge in [0.25, 0.3) is 0 Å². The maximum Gasteiger partial charge on any atom is 0.224 e. The van der Waals surface area contributed by atoms with Crippen molar-refractivity contribution in [1.29, 1.82) is 0 Å². The molecule has 23 heavy (non-hydrogen) atoms. The van der Waals surface area contributed by atoms with E-state index in [-0.39, 0.29) is 17.8 Å². The zero-order valence-electron chi connectivity index (χ0n) is 13.5. The molecular weight excluding hydrogens is 295 g/mol. The van der Waals surface area contributed by atoms with E-state index in [1.54, 1.807) is 12.1 Å². The Kier molecular flexibility index (Phi) is 5.62. The van der Waals surface area contributed by atoms with Gasteiger partial charge < -0.3 is 15.0 Å². The summed E-state index contributed by atoms with van der Waals surface area (Å²) in [6, 6.07) is 6.39. The number of nitrogens with zero attached hydrogens (tertiary/aromatic N) is 1. The van der Waals surface area contributed by atoms with Crippen molar-refractivity contribution in [2.45, 2.75) is 31.7 Å². The average Bonchev–Trinajstić information content (AvgIpc) is 3.04. The van der Waals surface area contributed by atoms with Crippen LogP contribution in [0.1, 0.15) is 24.8 Å². The van der Waals surface area contributed by atoms with E-state index in [9.17, 15) is 9.18 Å². The van der Waals surface area contributed by atoms with Crippen LogP contribution in [-0.4, -0.2) is 49.7 Å². The van der Waals surface area contributed by atoms with Gasteiger partial charge in [0.15, 0.2) is 0 Å². The molecule has 2 fully saturated rings. The average molecular weight is 320 g/mol. The van der Waals surface area contributed by atoms with Crippen LogP contribution in [0.15, 0.2) is 24.3 Å². The molecule has 2 aliphatic rings. The van der Waals surface area contributed by atoms with Crippen LogP contribution in [-0.2, 0) is 16.0 Å². The minimum absolute atomic E-state index is 0.0271. The van der Waals surface area contributed by atoms with Gasteiger partial charge in [0.2, 0.25) is 5.91 Å². The fraction of sp³-hybridized carbons (Fsp3) is 0.611. The summed E-state index contributed by atoms with van der Waals surface area (Å²) in [6.07, 6.45) is 3.50. The highest BCUT2D eigenvalue weighted by atomic mass is 19.1. The molecule has 3 rings (SSSR count). The van der Waals surface area contributed by atoms with Gasteiger partial charge in [0, 0.05) is 32.3 Å². The quantitative estimate of drug-likeness (QED) is 0.902. The monoisotopic (exact) mass is 320 g/mol. The van der Waals surface area contributed by atoms with Crippen LogP contribution < -0.4 is 5.32 Å². The van der Waals surface area contributed by atoms with Gasteiger partial charge in [-0.05, 0) is 42.9 Å². The largest absolute Gasteiger partial charge is 0.381 e. The first-order valence-corrected chi connectivity index (χ1v) is 8.53. The van der Waals surface area contributed by atoms with Crippen LogP contribution >= 0.6 is 0 Å². The van der Waals surface area contributed by atoms with Crippen molar-refractivity contribution in [2.75, 3.05) is 32.8 Å². The second kappa shape index (κ2) is 7.88. The number of benzene rings is 1. The van der Waals surface area contributed by atoms with Crippen molar-refractivity contribution in [3.05, 3.63) is 35.6 Å². The molecule has 4 nitrogen and oxygen atoms in total. The molecule has 5 heteroatoms. The lowest BCUT2D eigenvalue weighted by molar-refractivity contribution is -0.121. The van der Waals surface area contributed by atoms with E-state index in [0.717, 1.165) is 51.3 Å². The smallest absolute Gasteiger partial charge is 0.224 e. The molecule has 0 saturated carbocycles. The first kappa shape index (κ1) is 16.4. The van der Waals surface area contributed by atoms with Crippen LogP contribution in [0.2, 0.25) is 0 Å². The van der Waals surface area contributed by atoms with Crippen molar-refractivity contribution >= 4 is 5.91 Å². The van der Waals surface area contributed by atoms with Crippen LogP contribution in [0.5, 0.6) is 0 Å². The molecule has 2 saturated heterocycles. The van der Waals surface area contributed by atoms with Crippen LogP contribution in [0.3, 0.4) is 0 Å². The van der Waals surface area contributed by atoms with Crippen LogP contribution in [0, 0.1) is 11.7 Å². The number of hydrogen-bond acceptors (Lipinski definition) is 3. The summed E-state index contributed by atoms with van der Waals surface area (Å²) in [5, 5.41) is 3.11. The van der Waals surface area contributed by atoms with E-state index in [4.69, 9.17) is 4.74 Å². The topological polar surface area (TPSA) is 41.6 Å². The molecule has 1 amide bonds. The zero-order chi connectivity index (χ0) is 16.1. The predicted molar refractivity (Wildman–Crippen MR) is 86.6 cm³/mol. The van der Waals surface area contributed by atoms with Gasteiger partial charge >= 0.3 is 0 Å². The Labute approximate surface area is 137 Å². The summed E-state index contributed by atoms with van der Waals surface area (Å²) in [5.74, 6) is 0.438. The lowest BCUT2D eigenvalue weighted by Gasteiger charge is -2.33. The summed E-state index contributed by atoms with van der Waals surface area (Å²) in [4.78, 5) is 14.6. The van der Waals surface area contributed by atoms with Crippen molar-refractivity contribution in [1.82, 2.24) is 10.2 Å². The maximum absolute atomic E-state index is 12.9. The van der Waals surface area contributed by atoms with Gasteiger partial charge in [-0.3, -0.25) is 4.79 Å². The second-order valence-corrected chi connectivity index (χ2v) is 6.68. The highest BCUT2D eigenvalue weighted by molar-refractivity contribution is 5.78. The van der Waals surface area contributed by atoms with Crippen molar-refractivity contribution in [3.8, 4) is 0 Å². The van der Waals surface area contributed by atoms with Crippen molar-refractivity contribution in [2.24, 2.45) is 5.92 Å². The summed E-state index contributed by atoms with van der Waals surface area (Å²) in [6.45, 7) is 5.00. The summed E-state index contributed by atoms with van der Waals surface area (Å²) in [7, 11) is 0. The summed E-state index contributed by atoms with van der Waals surface area (Å²) < 4.78 is 18.3. The fourth-order valence-corrected chi connectivity index (χ4v) is 3.42. The Bertz CT molecular complexity index is 506. The maximum atomic E-state index is 12.9. The van der Waals surface area contributed by atoms with E-state index in [0.29, 0.717) is 12.3 Å². The Balaban J connectivity index is 1.37. The zero-order valence-corrected chi connectivity index (χ0v) is 13.5. The highest BCUT2D eigenvalue weighted by Crippen LogP contribution is 2.17. The molecule has 1 N–H and O–H groups in total. The molecule has 0 bridgehead atoms. The summed E-state index contributed by atoms with van der Waals surface area (Å²) in [5.41, 5.74) is 0.850. The number of halogens is 1. The second-order valence-electron chi connectivity index (χ2n) is 6.68. The minimum atomic E-state index is -0.269. The number of hydrogen-bond donors (Lipinski definition) is 1. The van der Waals surface area contributed by atoms with E-state index in [1.807, 2.05) is 0 Å². The van der Waals surface area contributed by atoms with Gasteiger partial charge in [-0.25, -0.2) is 4.39 Å². The van der Waals surface area contributed by atoms with Crippen LogP contribution in [0.25, 0.3) is 0 Å². The first-order valence-electron chi connectivity index (χ1n) is 8.53. The number of piperidine rings is 1.